The van der Waals surface area contributed by atoms with Crippen LogP contribution in [0.2, 0.25) is 0 Å². The number of carboxylic acid groups (broad SMARTS) is 1. The normalized spacial score (nSPS) is 11.9. The van der Waals surface area contributed by atoms with Crippen molar-refractivity contribution in [3.8, 4) is 0 Å². The summed E-state index contributed by atoms with van der Waals surface area (Å²) < 4.78 is 5.30. The van der Waals surface area contributed by atoms with E-state index in [1.807, 2.05) is 19.9 Å². The average Bonchev–Trinajstić information content (AvgIpc) is 2.11. The molecule has 0 aromatic rings. The molecule has 3 nitrogen and oxygen atoms in total. The van der Waals surface area contributed by atoms with Crippen molar-refractivity contribution < 1.29 is 14.6 Å². The SMILES string of the molecule is C=C/C(=C\C=C(C)C)OC(C)(C)C(=O)O. The van der Waals surface area contributed by atoms with Gasteiger partial charge in [0.05, 0.1) is 0 Å². The predicted octanol–water partition coefficient (Wildman–Crippen LogP) is 2.90. The highest BCUT2D eigenvalue weighted by Crippen LogP contribution is 2.15. The minimum atomic E-state index is -1.24. The van der Waals surface area contributed by atoms with Gasteiger partial charge >= 0.3 is 5.97 Å². The Labute approximate surface area is 90.8 Å². The van der Waals surface area contributed by atoms with E-state index in [4.69, 9.17) is 9.84 Å². The Morgan fingerprint density at radius 1 is 1.33 bits per heavy atom. The highest BCUT2D eigenvalue weighted by atomic mass is 16.5. The number of rotatable bonds is 5. The van der Waals surface area contributed by atoms with Crippen LogP contribution in [-0.2, 0) is 9.53 Å². The molecule has 84 valence electrons. The van der Waals surface area contributed by atoms with Gasteiger partial charge in [-0.05, 0) is 39.8 Å². The van der Waals surface area contributed by atoms with Gasteiger partial charge in [0.15, 0.2) is 5.60 Å². The highest BCUT2D eigenvalue weighted by Gasteiger charge is 2.29. The monoisotopic (exact) mass is 210 g/mol. The number of allylic oxidation sites excluding steroid dienone is 4. The van der Waals surface area contributed by atoms with Crippen molar-refractivity contribution in [1.29, 1.82) is 0 Å². The first-order valence-corrected chi connectivity index (χ1v) is 4.69. The topological polar surface area (TPSA) is 46.5 Å². The smallest absolute Gasteiger partial charge is 0.347 e. The van der Waals surface area contributed by atoms with Crippen LogP contribution in [0, 0.1) is 0 Å². The fourth-order valence-corrected chi connectivity index (χ4v) is 0.731. The Kier molecular flexibility index (Phi) is 4.85. The standard InChI is InChI=1S/C12H18O3/c1-6-10(8-7-9(2)3)15-12(4,5)11(13)14/h6-8H,1H2,2-5H3,(H,13,14)/b10-8+. The van der Waals surface area contributed by atoms with Crippen molar-refractivity contribution in [3.63, 3.8) is 0 Å². The van der Waals surface area contributed by atoms with Gasteiger partial charge in [0, 0.05) is 0 Å². The molecule has 0 bridgehead atoms. The maximum absolute atomic E-state index is 10.8. The van der Waals surface area contributed by atoms with Crippen molar-refractivity contribution in [2.45, 2.75) is 33.3 Å². The van der Waals surface area contributed by atoms with E-state index in [0.29, 0.717) is 5.76 Å². The second kappa shape index (κ2) is 5.39. The third kappa shape index (κ3) is 5.05. The van der Waals surface area contributed by atoms with E-state index in [1.54, 1.807) is 6.08 Å². The molecule has 0 aliphatic rings. The maximum Gasteiger partial charge on any atom is 0.347 e. The molecule has 15 heavy (non-hydrogen) atoms. The van der Waals surface area contributed by atoms with Crippen molar-refractivity contribution >= 4 is 5.97 Å². The summed E-state index contributed by atoms with van der Waals surface area (Å²) in [5.41, 5.74) is -0.138. The van der Waals surface area contributed by atoms with Crippen molar-refractivity contribution in [2.75, 3.05) is 0 Å². The summed E-state index contributed by atoms with van der Waals surface area (Å²) in [7, 11) is 0. The van der Waals surface area contributed by atoms with Crippen LogP contribution in [-0.4, -0.2) is 16.7 Å². The van der Waals surface area contributed by atoms with E-state index in [2.05, 4.69) is 6.58 Å². The molecule has 0 fully saturated rings. The molecule has 0 aromatic carbocycles. The molecule has 0 saturated carbocycles. The molecule has 0 aliphatic heterocycles. The molecule has 0 spiro atoms. The van der Waals surface area contributed by atoms with E-state index in [9.17, 15) is 4.79 Å². The molecular formula is C12H18O3. The van der Waals surface area contributed by atoms with Crippen LogP contribution in [0.25, 0.3) is 0 Å². The highest BCUT2D eigenvalue weighted by molar-refractivity contribution is 5.76. The molecule has 0 aliphatic carbocycles. The van der Waals surface area contributed by atoms with Gasteiger partial charge in [-0.15, -0.1) is 0 Å². The van der Waals surface area contributed by atoms with Crippen molar-refractivity contribution in [3.05, 3.63) is 36.1 Å². The summed E-state index contributed by atoms with van der Waals surface area (Å²) in [6, 6.07) is 0. The lowest BCUT2D eigenvalue weighted by atomic mass is 10.1. The van der Waals surface area contributed by atoms with Gasteiger partial charge in [0.2, 0.25) is 0 Å². The first-order valence-electron chi connectivity index (χ1n) is 4.69. The van der Waals surface area contributed by atoms with Gasteiger partial charge in [0.1, 0.15) is 5.76 Å². The Bertz CT molecular complexity index is 305. The average molecular weight is 210 g/mol. The van der Waals surface area contributed by atoms with E-state index < -0.39 is 11.6 Å². The van der Waals surface area contributed by atoms with Crippen molar-refractivity contribution in [1.82, 2.24) is 0 Å². The quantitative estimate of drug-likeness (QED) is 0.560. The van der Waals surface area contributed by atoms with E-state index in [-0.39, 0.29) is 0 Å². The van der Waals surface area contributed by atoms with Gasteiger partial charge in [0.25, 0.3) is 0 Å². The fourth-order valence-electron chi connectivity index (χ4n) is 0.731. The summed E-state index contributed by atoms with van der Waals surface area (Å²) in [5.74, 6) is -0.559. The second-order valence-corrected chi connectivity index (χ2v) is 3.93. The summed E-state index contributed by atoms with van der Waals surface area (Å²) >= 11 is 0. The van der Waals surface area contributed by atoms with Gasteiger partial charge < -0.3 is 9.84 Å². The molecule has 0 amide bonds. The third-order valence-corrected chi connectivity index (χ3v) is 1.67. The Morgan fingerprint density at radius 3 is 2.20 bits per heavy atom. The van der Waals surface area contributed by atoms with Gasteiger partial charge in [-0.25, -0.2) is 4.79 Å². The third-order valence-electron chi connectivity index (χ3n) is 1.67. The lowest BCUT2D eigenvalue weighted by Gasteiger charge is -2.21. The number of aliphatic carboxylic acids is 1. The summed E-state index contributed by atoms with van der Waals surface area (Å²) in [6.45, 7) is 10.4. The Hall–Kier alpha value is -1.51. The van der Waals surface area contributed by atoms with Crippen LogP contribution in [0.3, 0.4) is 0 Å². The van der Waals surface area contributed by atoms with Crippen LogP contribution < -0.4 is 0 Å². The number of hydrogen-bond donors (Lipinski definition) is 1. The van der Waals surface area contributed by atoms with Crippen LogP contribution in [0.1, 0.15) is 27.7 Å². The van der Waals surface area contributed by atoms with Gasteiger partial charge in [-0.1, -0.05) is 18.2 Å². The molecule has 0 heterocycles. The fraction of sp³-hybridized carbons (Fsp3) is 0.417. The van der Waals surface area contributed by atoms with Crippen molar-refractivity contribution in [2.24, 2.45) is 0 Å². The zero-order valence-corrected chi connectivity index (χ0v) is 9.70. The molecule has 0 aromatic heterocycles. The van der Waals surface area contributed by atoms with Crippen LogP contribution in [0.5, 0.6) is 0 Å². The van der Waals surface area contributed by atoms with E-state index >= 15 is 0 Å². The number of hydrogen-bond acceptors (Lipinski definition) is 2. The minimum Gasteiger partial charge on any atom is -0.478 e. The molecule has 1 N–H and O–H groups in total. The minimum absolute atomic E-state index is 0.448. The predicted molar refractivity (Wildman–Crippen MR) is 60.5 cm³/mol. The first-order chi connectivity index (χ1) is 6.79. The molecule has 0 atom stereocenters. The largest absolute Gasteiger partial charge is 0.478 e. The van der Waals surface area contributed by atoms with Gasteiger partial charge in [-0.2, -0.15) is 0 Å². The van der Waals surface area contributed by atoms with Crippen LogP contribution in [0.15, 0.2) is 36.1 Å². The molecule has 0 rings (SSSR count). The number of carbonyl (C=O) groups is 1. The molecular weight excluding hydrogens is 192 g/mol. The Morgan fingerprint density at radius 2 is 1.87 bits per heavy atom. The van der Waals surface area contributed by atoms with Crippen LogP contribution in [0.4, 0.5) is 0 Å². The molecule has 0 saturated heterocycles. The van der Waals surface area contributed by atoms with E-state index in [0.717, 1.165) is 5.57 Å². The number of carboxylic acids is 1. The lowest BCUT2D eigenvalue weighted by Crippen LogP contribution is -2.34. The lowest BCUT2D eigenvalue weighted by molar-refractivity contribution is -0.156. The summed E-state index contributed by atoms with van der Waals surface area (Å²) in [5, 5.41) is 8.86. The zero-order valence-electron chi connectivity index (χ0n) is 9.70. The van der Waals surface area contributed by atoms with E-state index in [1.165, 1.54) is 19.9 Å². The first kappa shape index (κ1) is 13.5. The maximum atomic E-state index is 10.8. The zero-order chi connectivity index (χ0) is 12.1. The molecule has 0 radical (unpaired) electrons. The van der Waals surface area contributed by atoms with Gasteiger partial charge in [-0.3, -0.25) is 0 Å². The second-order valence-electron chi connectivity index (χ2n) is 3.93. The molecule has 0 unspecified atom stereocenters. The molecule has 3 heteroatoms. The summed E-state index contributed by atoms with van der Waals surface area (Å²) in [6.07, 6.45) is 5.03. The van der Waals surface area contributed by atoms with Crippen LogP contribution >= 0.6 is 0 Å². The number of ether oxygens (including phenoxy) is 1. The Balaban J connectivity index is 4.75. The summed E-state index contributed by atoms with van der Waals surface area (Å²) in [4.78, 5) is 10.8.